The Morgan fingerprint density at radius 1 is 0.974 bits per heavy atom. The molecule has 0 radical (unpaired) electrons. The van der Waals surface area contributed by atoms with Crippen molar-refractivity contribution in [1.82, 2.24) is 14.9 Å². The van der Waals surface area contributed by atoms with E-state index in [4.69, 9.17) is 14.5 Å². The average Bonchev–Trinajstić information content (AvgIpc) is 3.29. The Bertz CT molecular complexity index is 1260. The van der Waals surface area contributed by atoms with Gasteiger partial charge in [-0.3, -0.25) is 4.79 Å². The van der Waals surface area contributed by atoms with Crippen LogP contribution < -0.4 is 9.64 Å². The largest absolute Gasteiger partial charge is 0.493 e. The lowest BCUT2D eigenvalue weighted by molar-refractivity contribution is -0.143. The number of piperazine rings is 1. The zero-order valence-corrected chi connectivity index (χ0v) is 25.1. The van der Waals surface area contributed by atoms with Crippen molar-refractivity contribution < 1.29 is 14.3 Å². The van der Waals surface area contributed by atoms with E-state index in [1.54, 1.807) is 0 Å². The number of carbonyl (C=O) groups excluding carboxylic acids is 1. The quantitative estimate of drug-likeness (QED) is 0.270. The predicted octanol–water partition coefficient (Wildman–Crippen LogP) is 6.30. The number of likely N-dealkylation sites (N-methyl/N-ethyl adjacent to an activating group) is 1. The van der Waals surface area contributed by atoms with Gasteiger partial charge in [-0.15, -0.1) is 0 Å². The Morgan fingerprint density at radius 3 is 2.21 bits per heavy atom. The molecule has 1 fully saturated rings. The normalized spacial score (nSPS) is 15.1. The Hall–Kier alpha value is -3.06. The first kappa shape index (κ1) is 28.9. The lowest BCUT2D eigenvalue weighted by Gasteiger charge is -2.34. The van der Waals surface area contributed by atoms with Gasteiger partial charge in [0.05, 0.1) is 24.2 Å². The molecule has 39 heavy (non-hydrogen) atoms. The fraction of sp³-hybridized carbons (Fsp3) is 0.562. The number of aromatic amines is 1. The second-order valence-electron chi connectivity index (χ2n) is 12.7. The maximum atomic E-state index is 11.8. The molecule has 1 aliphatic heterocycles. The molecular formula is C32H46N4O3. The van der Waals surface area contributed by atoms with E-state index >= 15 is 0 Å². The summed E-state index contributed by atoms with van der Waals surface area (Å²) in [4.78, 5) is 25.2. The first-order valence-electron chi connectivity index (χ1n) is 14.3. The van der Waals surface area contributed by atoms with E-state index < -0.39 is 0 Å². The van der Waals surface area contributed by atoms with Crippen LogP contribution in [0.5, 0.6) is 5.75 Å². The number of aromatic nitrogens is 2. The number of hydrogen-bond acceptors (Lipinski definition) is 6. The Kier molecular flexibility index (Phi) is 8.60. The molecule has 2 aromatic carbocycles. The van der Waals surface area contributed by atoms with Crippen LogP contribution in [-0.4, -0.2) is 67.3 Å². The Balaban J connectivity index is 1.68. The third-order valence-corrected chi connectivity index (χ3v) is 7.39. The molecule has 212 valence electrons. The van der Waals surface area contributed by atoms with Gasteiger partial charge in [0.25, 0.3) is 0 Å². The number of anilines is 1. The molecule has 0 aliphatic carbocycles. The molecule has 1 N–H and O–H groups in total. The van der Waals surface area contributed by atoms with E-state index in [0.717, 1.165) is 65.5 Å². The van der Waals surface area contributed by atoms with Crippen LogP contribution >= 0.6 is 0 Å². The third kappa shape index (κ3) is 6.93. The number of rotatable bonds is 8. The van der Waals surface area contributed by atoms with Gasteiger partial charge in [-0.25, -0.2) is 4.98 Å². The van der Waals surface area contributed by atoms with E-state index in [-0.39, 0.29) is 16.8 Å². The Labute approximate surface area is 233 Å². The summed E-state index contributed by atoms with van der Waals surface area (Å²) in [7, 11) is 2.18. The molecule has 0 atom stereocenters. The van der Waals surface area contributed by atoms with Crippen molar-refractivity contribution in [3.05, 3.63) is 41.5 Å². The summed E-state index contributed by atoms with van der Waals surface area (Å²) in [5.74, 6) is 1.60. The molecule has 0 unspecified atom stereocenters. The highest BCUT2D eigenvalue weighted by atomic mass is 16.5. The molecular weight excluding hydrogens is 488 g/mol. The minimum Gasteiger partial charge on any atom is -0.493 e. The molecule has 1 aliphatic rings. The first-order chi connectivity index (χ1) is 18.4. The molecule has 0 amide bonds. The summed E-state index contributed by atoms with van der Waals surface area (Å²) < 4.78 is 11.5. The highest BCUT2D eigenvalue weighted by Gasteiger charge is 2.29. The summed E-state index contributed by atoms with van der Waals surface area (Å²) >= 11 is 0. The minimum absolute atomic E-state index is 0.146. The average molecular weight is 535 g/mol. The minimum atomic E-state index is -0.177. The van der Waals surface area contributed by atoms with Gasteiger partial charge in [0.15, 0.2) is 0 Å². The van der Waals surface area contributed by atoms with Gasteiger partial charge < -0.3 is 24.3 Å². The van der Waals surface area contributed by atoms with Crippen LogP contribution in [0.15, 0.2) is 30.3 Å². The zero-order valence-electron chi connectivity index (χ0n) is 25.1. The number of carbonyl (C=O) groups is 1. The van der Waals surface area contributed by atoms with Gasteiger partial charge in [-0.2, -0.15) is 0 Å². The monoisotopic (exact) mass is 534 g/mol. The topological polar surface area (TPSA) is 70.7 Å². The van der Waals surface area contributed by atoms with Gasteiger partial charge in [0.1, 0.15) is 11.6 Å². The number of nitrogens with one attached hydrogen (secondary N) is 1. The van der Waals surface area contributed by atoms with Crippen molar-refractivity contribution in [2.45, 2.75) is 72.1 Å². The molecule has 0 saturated carbocycles. The van der Waals surface area contributed by atoms with Crippen molar-refractivity contribution in [2.75, 3.05) is 51.3 Å². The number of esters is 1. The molecule has 4 rings (SSSR count). The van der Waals surface area contributed by atoms with E-state index in [9.17, 15) is 4.79 Å². The highest BCUT2D eigenvalue weighted by molar-refractivity contribution is 5.83. The predicted molar refractivity (Wildman–Crippen MR) is 160 cm³/mol. The van der Waals surface area contributed by atoms with Crippen molar-refractivity contribution in [3.63, 3.8) is 0 Å². The number of fused-ring (bicyclic) bond motifs is 1. The molecule has 2 heterocycles. The van der Waals surface area contributed by atoms with Gasteiger partial charge >= 0.3 is 5.97 Å². The fourth-order valence-corrected chi connectivity index (χ4v) is 5.05. The third-order valence-electron chi connectivity index (χ3n) is 7.39. The van der Waals surface area contributed by atoms with Crippen molar-refractivity contribution in [1.29, 1.82) is 0 Å². The summed E-state index contributed by atoms with van der Waals surface area (Å²) in [6.45, 7) is 20.2. The summed E-state index contributed by atoms with van der Waals surface area (Å²) in [6.07, 6.45) is 0.976. The summed E-state index contributed by atoms with van der Waals surface area (Å²) in [5.41, 5.74) is 6.30. The van der Waals surface area contributed by atoms with E-state index in [0.29, 0.717) is 26.1 Å². The lowest BCUT2D eigenvalue weighted by atomic mass is 9.78. The second kappa shape index (κ2) is 11.6. The molecule has 0 bridgehead atoms. The maximum absolute atomic E-state index is 11.8. The van der Waals surface area contributed by atoms with Crippen LogP contribution in [0.2, 0.25) is 0 Å². The van der Waals surface area contributed by atoms with E-state index in [1.165, 1.54) is 5.69 Å². The molecule has 7 nitrogen and oxygen atoms in total. The van der Waals surface area contributed by atoms with Crippen LogP contribution in [0, 0.1) is 0 Å². The molecule has 1 saturated heterocycles. The number of hydrogen-bond donors (Lipinski definition) is 1. The van der Waals surface area contributed by atoms with Crippen LogP contribution in [0.1, 0.15) is 72.4 Å². The lowest BCUT2D eigenvalue weighted by Crippen LogP contribution is -2.44. The van der Waals surface area contributed by atoms with Gasteiger partial charge in [0.2, 0.25) is 0 Å². The van der Waals surface area contributed by atoms with Crippen LogP contribution in [0.3, 0.4) is 0 Å². The summed E-state index contributed by atoms with van der Waals surface area (Å²) in [5, 5.41) is 0. The zero-order chi connectivity index (χ0) is 28.4. The van der Waals surface area contributed by atoms with E-state index in [2.05, 4.69) is 93.7 Å². The number of H-pyrrole nitrogens is 1. The van der Waals surface area contributed by atoms with Gasteiger partial charge in [-0.05, 0) is 61.6 Å². The van der Waals surface area contributed by atoms with Crippen molar-refractivity contribution in [2.24, 2.45) is 0 Å². The van der Waals surface area contributed by atoms with Crippen LogP contribution in [-0.2, 0) is 20.4 Å². The number of ether oxygens (including phenoxy) is 2. The van der Waals surface area contributed by atoms with Gasteiger partial charge in [-0.1, -0.05) is 41.5 Å². The first-order valence-corrected chi connectivity index (χ1v) is 14.3. The highest BCUT2D eigenvalue weighted by Crippen LogP contribution is 2.43. The van der Waals surface area contributed by atoms with Crippen LogP contribution in [0.25, 0.3) is 22.4 Å². The SMILES string of the molecule is CCOC(=O)CCCOc1c(C(C)(C)C)cc(-c2nc3ccc(N4CCN(C)CC4)cc3[nH]2)cc1C(C)(C)C. The van der Waals surface area contributed by atoms with E-state index in [1.807, 2.05) is 6.92 Å². The second-order valence-corrected chi connectivity index (χ2v) is 12.7. The Morgan fingerprint density at radius 2 is 1.62 bits per heavy atom. The number of benzene rings is 2. The molecule has 3 aromatic rings. The molecule has 1 aromatic heterocycles. The number of imidazole rings is 1. The van der Waals surface area contributed by atoms with Crippen molar-refractivity contribution >= 4 is 22.7 Å². The summed E-state index contributed by atoms with van der Waals surface area (Å²) in [6, 6.07) is 11.0. The molecule has 0 spiro atoms. The smallest absolute Gasteiger partial charge is 0.305 e. The van der Waals surface area contributed by atoms with Crippen molar-refractivity contribution in [3.8, 4) is 17.1 Å². The molecule has 7 heteroatoms. The standard InChI is InChI=1S/C32H46N4O3/c1-9-38-28(37)11-10-18-39-29-24(31(2,3)4)19-22(20-25(29)32(5,6)7)30-33-26-13-12-23(21-27(26)34-30)36-16-14-35(8)15-17-36/h12-13,19-21H,9-11,14-18H2,1-8H3,(H,33,34). The maximum Gasteiger partial charge on any atom is 0.305 e. The number of nitrogens with zero attached hydrogens (tertiary/aromatic N) is 3. The van der Waals surface area contributed by atoms with Crippen LogP contribution in [0.4, 0.5) is 5.69 Å². The fourth-order valence-electron chi connectivity index (χ4n) is 5.05. The van der Waals surface area contributed by atoms with Gasteiger partial charge in [0, 0.05) is 55.0 Å².